The van der Waals surface area contributed by atoms with Gasteiger partial charge in [0.05, 0.1) is 12.9 Å². The van der Waals surface area contributed by atoms with E-state index in [4.69, 9.17) is 10.5 Å². The molecule has 1 saturated carbocycles. The van der Waals surface area contributed by atoms with Crippen LogP contribution in [0.15, 0.2) is 11.8 Å². The van der Waals surface area contributed by atoms with Gasteiger partial charge >= 0.3 is 0 Å². The van der Waals surface area contributed by atoms with E-state index in [1.54, 1.807) is 0 Å². The molecule has 1 heterocycles. The van der Waals surface area contributed by atoms with E-state index >= 15 is 0 Å². The summed E-state index contributed by atoms with van der Waals surface area (Å²) in [5.74, 6) is 0. The monoisotopic (exact) mass is 181 g/mol. The number of hydrogen-bond donors (Lipinski definition) is 1. The van der Waals surface area contributed by atoms with Crippen molar-refractivity contribution in [3.8, 4) is 0 Å². The molecule has 0 aromatic rings. The molecule has 1 unspecified atom stereocenters. The van der Waals surface area contributed by atoms with Crippen LogP contribution in [-0.2, 0) is 4.74 Å². The van der Waals surface area contributed by atoms with Gasteiger partial charge in [0.2, 0.25) is 0 Å². The van der Waals surface area contributed by atoms with E-state index in [-0.39, 0.29) is 6.04 Å². The first-order chi connectivity index (χ1) is 6.22. The molecule has 2 heteroatoms. The molecule has 1 fully saturated rings. The summed E-state index contributed by atoms with van der Waals surface area (Å²) < 4.78 is 5.24. The standard InChI is InChI=1S/C11H19NO/c1-11(5-2-3-6-11)10(12)9-4-7-13-8-9/h8,10H,2-7,12H2,1H3. The number of nitrogens with two attached hydrogens (primary N) is 1. The predicted molar refractivity (Wildman–Crippen MR) is 53.2 cm³/mol. The molecule has 0 amide bonds. The van der Waals surface area contributed by atoms with Gasteiger partial charge in [0, 0.05) is 12.5 Å². The zero-order valence-electron chi connectivity index (χ0n) is 8.38. The zero-order chi connectivity index (χ0) is 9.31. The van der Waals surface area contributed by atoms with Crippen molar-refractivity contribution in [3.05, 3.63) is 11.8 Å². The largest absolute Gasteiger partial charge is 0.501 e. The Bertz CT molecular complexity index is 216. The first-order valence-corrected chi connectivity index (χ1v) is 5.28. The normalized spacial score (nSPS) is 28.3. The molecule has 0 saturated heterocycles. The molecule has 13 heavy (non-hydrogen) atoms. The molecular weight excluding hydrogens is 162 g/mol. The molecule has 0 aromatic carbocycles. The van der Waals surface area contributed by atoms with Crippen molar-refractivity contribution in [3.63, 3.8) is 0 Å². The Labute approximate surface area is 80.1 Å². The highest BCUT2D eigenvalue weighted by Gasteiger charge is 2.37. The summed E-state index contributed by atoms with van der Waals surface area (Å²) in [6, 6.07) is 0.234. The molecule has 0 spiro atoms. The third-order valence-corrected chi connectivity index (χ3v) is 3.64. The summed E-state index contributed by atoms with van der Waals surface area (Å²) in [6.07, 6.45) is 8.18. The highest BCUT2D eigenvalue weighted by atomic mass is 16.5. The molecule has 74 valence electrons. The molecule has 2 nitrogen and oxygen atoms in total. The zero-order valence-corrected chi connectivity index (χ0v) is 8.38. The molecule has 2 N–H and O–H groups in total. The minimum absolute atomic E-state index is 0.234. The van der Waals surface area contributed by atoms with Crippen molar-refractivity contribution in [1.82, 2.24) is 0 Å². The molecule has 2 aliphatic rings. The minimum Gasteiger partial charge on any atom is -0.501 e. The van der Waals surface area contributed by atoms with E-state index in [0.29, 0.717) is 5.41 Å². The van der Waals surface area contributed by atoms with Crippen LogP contribution in [0.1, 0.15) is 39.0 Å². The smallest absolute Gasteiger partial charge is 0.0912 e. The van der Waals surface area contributed by atoms with Gasteiger partial charge in [0.1, 0.15) is 0 Å². The van der Waals surface area contributed by atoms with Gasteiger partial charge in [-0.2, -0.15) is 0 Å². The molecule has 0 radical (unpaired) electrons. The van der Waals surface area contributed by atoms with Crippen LogP contribution in [0.25, 0.3) is 0 Å². The van der Waals surface area contributed by atoms with Crippen LogP contribution >= 0.6 is 0 Å². The highest BCUT2D eigenvalue weighted by Crippen LogP contribution is 2.42. The summed E-state index contributed by atoms with van der Waals surface area (Å²) in [6.45, 7) is 3.16. The number of hydrogen-bond acceptors (Lipinski definition) is 2. The fourth-order valence-corrected chi connectivity index (χ4v) is 2.57. The summed E-state index contributed by atoms with van der Waals surface area (Å²) in [5.41, 5.74) is 7.94. The maximum Gasteiger partial charge on any atom is 0.0912 e. The molecule has 0 bridgehead atoms. The lowest BCUT2D eigenvalue weighted by atomic mass is 9.77. The summed E-state index contributed by atoms with van der Waals surface area (Å²) in [4.78, 5) is 0. The van der Waals surface area contributed by atoms with Crippen molar-refractivity contribution < 1.29 is 4.74 Å². The second-order valence-corrected chi connectivity index (χ2v) is 4.65. The van der Waals surface area contributed by atoms with Gasteiger partial charge in [-0.3, -0.25) is 0 Å². The molecular formula is C11H19NO. The van der Waals surface area contributed by atoms with Gasteiger partial charge in [-0.25, -0.2) is 0 Å². The SMILES string of the molecule is CC1(C(N)C2=COCC2)CCCC1. The molecule has 1 atom stereocenters. The van der Waals surface area contributed by atoms with Crippen molar-refractivity contribution >= 4 is 0 Å². The molecule has 1 aliphatic heterocycles. The van der Waals surface area contributed by atoms with Crippen LogP contribution in [0.4, 0.5) is 0 Å². The van der Waals surface area contributed by atoms with Crippen LogP contribution < -0.4 is 5.73 Å². The van der Waals surface area contributed by atoms with E-state index in [9.17, 15) is 0 Å². The lowest BCUT2D eigenvalue weighted by Crippen LogP contribution is -2.38. The maximum absolute atomic E-state index is 6.27. The van der Waals surface area contributed by atoms with E-state index in [2.05, 4.69) is 6.92 Å². The maximum atomic E-state index is 6.27. The number of rotatable bonds is 2. The fourth-order valence-electron chi connectivity index (χ4n) is 2.57. The van der Waals surface area contributed by atoms with Gasteiger partial charge in [0.25, 0.3) is 0 Å². The fraction of sp³-hybridized carbons (Fsp3) is 0.818. The molecule has 2 rings (SSSR count). The first-order valence-electron chi connectivity index (χ1n) is 5.28. The van der Waals surface area contributed by atoms with Crippen LogP contribution in [0, 0.1) is 5.41 Å². The van der Waals surface area contributed by atoms with Crippen LogP contribution in [-0.4, -0.2) is 12.6 Å². The Morgan fingerprint density at radius 2 is 2.15 bits per heavy atom. The third-order valence-electron chi connectivity index (χ3n) is 3.64. The Hall–Kier alpha value is -0.500. The Morgan fingerprint density at radius 1 is 1.46 bits per heavy atom. The van der Waals surface area contributed by atoms with Crippen LogP contribution in [0.3, 0.4) is 0 Å². The van der Waals surface area contributed by atoms with Gasteiger partial charge in [0.15, 0.2) is 0 Å². The topological polar surface area (TPSA) is 35.2 Å². The summed E-state index contributed by atoms with van der Waals surface area (Å²) >= 11 is 0. The van der Waals surface area contributed by atoms with Crippen molar-refractivity contribution in [2.75, 3.05) is 6.61 Å². The molecule has 0 aromatic heterocycles. The number of ether oxygens (including phenoxy) is 1. The van der Waals surface area contributed by atoms with Crippen LogP contribution in [0.5, 0.6) is 0 Å². The summed E-state index contributed by atoms with van der Waals surface area (Å²) in [7, 11) is 0. The lowest BCUT2D eigenvalue weighted by molar-refractivity contribution is 0.281. The Kier molecular flexibility index (Phi) is 2.33. The van der Waals surface area contributed by atoms with Crippen molar-refractivity contribution in [1.29, 1.82) is 0 Å². The van der Waals surface area contributed by atoms with Crippen molar-refractivity contribution in [2.45, 2.75) is 45.1 Å². The van der Waals surface area contributed by atoms with Gasteiger partial charge in [-0.05, 0) is 23.8 Å². The second-order valence-electron chi connectivity index (χ2n) is 4.65. The Balaban J connectivity index is 2.06. The Morgan fingerprint density at radius 3 is 2.69 bits per heavy atom. The molecule has 1 aliphatic carbocycles. The lowest BCUT2D eigenvalue weighted by Gasteiger charge is -2.31. The van der Waals surface area contributed by atoms with Gasteiger partial charge in [-0.1, -0.05) is 19.8 Å². The van der Waals surface area contributed by atoms with E-state index in [1.165, 1.54) is 31.3 Å². The van der Waals surface area contributed by atoms with Gasteiger partial charge < -0.3 is 10.5 Å². The predicted octanol–water partition coefficient (Wildman–Crippen LogP) is 2.20. The van der Waals surface area contributed by atoms with E-state index in [1.807, 2.05) is 6.26 Å². The van der Waals surface area contributed by atoms with E-state index < -0.39 is 0 Å². The summed E-state index contributed by atoms with van der Waals surface area (Å²) in [5, 5.41) is 0. The second kappa shape index (κ2) is 3.33. The third kappa shape index (κ3) is 1.60. The minimum atomic E-state index is 0.234. The van der Waals surface area contributed by atoms with Gasteiger partial charge in [-0.15, -0.1) is 0 Å². The quantitative estimate of drug-likeness (QED) is 0.708. The first kappa shape index (κ1) is 9.07. The highest BCUT2D eigenvalue weighted by molar-refractivity contribution is 5.15. The average molecular weight is 181 g/mol. The van der Waals surface area contributed by atoms with E-state index in [0.717, 1.165) is 13.0 Å². The van der Waals surface area contributed by atoms with Crippen molar-refractivity contribution in [2.24, 2.45) is 11.1 Å². The van der Waals surface area contributed by atoms with Crippen LogP contribution in [0.2, 0.25) is 0 Å². The average Bonchev–Trinajstić information content (AvgIpc) is 2.73.